The van der Waals surface area contributed by atoms with Gasteiger partial charge in [-0.25, -0.2) is 24.3 Å². The van der Waals surface area contributed by atoms with E-state index in [0.717, 1.165) is 0 Å². The smallest absolute Gasteiger partial charge is 0 e. The third kappa shape index (κ3) is 23.3. The molecule has 0 aliphatic heterocycles. The van der Waals surface area contributed by atoms with Crippen molar-refractivity contribution in [3.05, 3.63) is 97.8 Å². The van der Waals surface area contributed by atoms with Gasteiger partial charge in [0.15, 0.2) is 0 Å². The zero-order valence-corrected chi connectivity index (χ0v) is 12.8. The molecule has 0 aliphatic carbocycles. The molecule has 0 amide bonds. The van der Waals surface area contributed by atoms with Gasteiger partial charge in [-0.3, -0.25) is 0 Å². The first-order valence-electron chi connectivity index (χ1n) is 3.33. The molecular weight excluding hydrogens is 228 g/mol. The van der Waals surface area contributed by atoms with Gasteiger partial charge >= 0.3 is 0 Å². The quantitative estimate of drug-likeness (QED) is 0.454. The molecule has 2 aromatic carbocycles. The van der Waals surface area contributed by atoms with Gasteiger partial charge in [-0.1, -0.05) is 0 Å². The molecular formula is C15H25Ti-7. The van der Waals surface area contributed by atoms with Crippen LogP contribution in [0.5, 0.6) is 0 Å². The van der Waals surface area contributed by atoms with E-state index in [2.05, 4.69) is 0 Å². The standard InChI is InChI=1S/2C5H5.5CH3.Ti/c2*1-2-4-5-3-1;;;;;;/h2*1-5H;5*1H3;/q7*-1;. The minimum atomic E-state index is 0. The Morgan fingerprint density at radius 2 is 0.625 bits per heavy atom. The first-order chi connectivity index (χ1) is 5.00. The van der Waals surface area contributed by atoms with Gasteiger partial charge in [-0.2, -0.15) is 36.4 Å². The van der Waals surface area contributed by atoms with Crippen LogP contribution in [0.15, 0.2) is 60.7 Å². The minimum Gasteiger partial charge on any atom is -0.358 e. The summed E-state index contributed by atoms with van der Waals surface area (Å²) >= 11 is 0. The molecule has 0 fully saturated rings. The van der Waals surface area contributed by atoms with Gasteiger partial charge < -0.3 is 37.1 Å². The van der Waals surface area contributed by atoms with E-state index in [1.54, 1.807) is 0 Å². The summed E-state index contributed by atoms with van der Waals surface area (Å²) in [6.07, 6.45) is 0. The Balaban J connectivity index is -0.0000000227. The fourth-order valence-corrected chi connectivity index (χ4v) is 0.642. The second-order valence-electron chi connectivity index (χ2n) is 1.92. The molecule has 0 N–H and O–H groups in total. The first-order valence-corrected chi connectivity index (χ1v) is 3.33. The van der Waals surface area contributed by atoms with Crippen LogP contribution in [0.1, 0.15) is 0 Å². The Morgan fingerprint density at radius 1 is 0.438 bits per heavy atom. The van der Waals surface area contributed by atoms with Crippen molar-refractivity contribution in [3.8, 4) is 0 Å². The molecule has 0 saturated carbocycles. The molecule has 0 saturated heterocycles. The summed E-state index contributed by atoms with van der Waals surface area (Å²) in [4.78, 5) is 0. The van der Waals surface area contributed by atoms with Crippen LogP contribution in [-0.2, 0) is 21.7 Å². The largest absolute Gasteiger partial charge is 0.358 e. The monoisotopic (exact) mass is 253 g/mol. The number of rotatable bonds is 0. The maximum absolute atomic E-state index is 2.00. The van der Waals surface area contributed by atoms with Gasteiger partial charge in [0.1, 0.15) is 0 Å². The van der Waals surface area contributed by atoms with Crippen LogP contribution in [0, 0.1) is 37.1 Å². The average Bonchev–Trinajstić information content (AvgIpc) is 2.67. The van der Waals surface area contributed by atoms with Crippen molar-refractivity contribution in [2.45, 2.75) is 0 Å². The Bertz CT molecular complexity index is 145. The van der Waals surface area contributed by atoms with Crippen molar-refractivity contribution in [1.29, 1.82) is 0 Å². The van der Waals surface area contributed by atoms with Crippen molar-refractivity contribution < 1.29 is 21.7 Å². The normalized spacial score (nSPS) is 5.00. The van der Waals surface area contributed by atoms with Crippen LogP contribution >= 0.6 is 0 Å². The van der Waals surface area contributed by atoms with Gasteiger partial charge in [-0.15, -0.1) is 0 Å². The summed E-state index contributed by atoms with van der Waals surface area (Å²) in [5, 5.41) is 0. The molecule has 0 spiro atoms. The second kappa shape index (κ2) is 29.3. The van der Waals surface area contributed by atoms with E-state index in [0.29, 0.717) is 0 Å². The molecule has 96 valence electrons. The van der Waals surface area contributed by atoms with E-state index in [1.807, 2.05) is 60.7 Å². The molecule has 1 heteroatoms. The van der Waals surface area contributed by atoms with Gasteiger partial charge in [0.05, 0.1) is 0 Å². The SMILES string of the molecule is [CH3-].[CH3-].[CH3-].[CH3-].[CH3-].[Ti].c1cc[cH-]c1.c1cc[cH-]c1. The average molecular weight is 253 g/mol. The van der Waals surface area contributed by atoms with Crippen LogP contribution in [0.2, 0.25) is 0 Å². The molecule has 0 nitrogen and oxygen atoms in total. The number of hydrogen-bond acceptors (Lipinski definition) is 0. The summed E-state index contributed by atoms with van der Waals surface area (Å²) in [5.41, 5.74) is 0. The van der Waals surface area contributed by atoms with Crippen LogP contribution in [-0.4, -0.2) is 0 Å². The number of hydrogen-bond donors (Lipinski definition) is 0. The first kappa shape index (κ1) is 36.1. The topological polar surface area (TPSA) is 0 Å². The van der Waals surface area contributed by atoms with Crippen molar-refractivity contribution in [2.75, 3.05) is 0 Å². The van der Waals surface area contributed by atoms with Crippen molar-refractivity contribution in [1.82, 2.24) is 0 Å². The molecule has 0 unspecified atom stereocenters. The van der Waals surface area contributed by atoms with Gasteiger partial charge in [-0.05, 0) is 0 Å². The van der Waals surface area contributed by atoms with E-state index in [9.17, 15) is 0 Å². The summed E-state index contributed by atoms with van der Waals surface area (Å²) < 4.78 is 0. The Morgan fingerprint density at radius 3 is 0.688 bits per heavy atom. The van der Waals surface area contributed by atoms with Crippen LogP contribution in [0.3, 0.4) is 0 Å². The van der Waals surface area contributed by atoms with E-state index in [1.165, 1.54) is 0 Å². The minimum absolute atomic E-state index is 0. The van der Waals surface area contributed by atoms with Gasteiger partial charge in [0.25, 0.3) is 0 Å². The predicted octanol–water partition coefficient (Wildman–Crippen LogP) is 5.06. The molecule has 2 aromatic rings. The third-order valence-electron chi connectivity index (χ3n) is 1.11. The van der Waals surface area contributed by atoms with Crippen LogP contribution in [0.4, 0.5) is 0 Å². The zero-order chi connectivity index (χ0) is 7.07. The summed E-state index contributed by atoms with van der Waals surface area (Å²) in [5.74, 6) is 0. The van der Waals surface area contributed by atoms with Gasteiger partial charge in [0, 0.05) is 21.7 Å². The predicted molar refractivity (Wildman–Crippen MR) is 76.1 cm³/mol. The molecule has 0 radical (unpaired) electrons. The van der Waals surface area contributed by atoms with Crippen molar-refractivity contribution >= 4 is 0 Å². The van der Waals surface area contributed by atoms with Crippen molar-refractivity contribution in [3.63, 3.8) is 0 Å². The van der Waals surface area contributed by atoms with Crippen LogP contribution < -0.4 is 0 Å². The van der Waals surface area contributed by atoms with E-state index in [4.69, 9.17) is 0 Å². The van der Waals surface area contributed by atoms with E-state index < -0.39 is 0 Å². The Kier molecular flexibility index (Phi) is 66.1. The second-order valence-corrected chi connectivity index (χ2v) is 1.92. The molecule has 0 aromatic heterocycles. The van der Waals surface area contributed by atoms with E-state index >= 15 is 0 Å². The maximum Gasteiger partial charge on any atom is 0 e. The Hall–Kier alpha value is -0.586. The zero-order valence-electron chi connectivity index (χ0n) is 11.3. The summed E-state index contributed by atoms with van der Waals surface area (Å²) in [6.45, 7) is 0. The fourth-order valence-electron chi connectivity index (χ4n) is 0.642. The van der Waals surface area contributed by atoms with Gasteiger partial charge in [0.2, 0.25) is 0 Å². The molecule has 0 heterocycles. The fraction of sp³-hybridized carbons (Fsp3) is 0. The molecule has 0 aliphatic rings. The molecule has 0 atom stereocenters. The van der Waals surface area contributed by atoms with Crippen molar-refractivity contribution in [2.24, 2.45) is 0 Å². The van der Waals surface area contributed by atoms with E-state index in [-0.39, 0.29) is 58.9 Å². The summed E-state index contributed by atoms with van der Waals surface area (Å²) in [7, 11) is 0. The third-order valence-corrected chi connectivity index (χ3v) is 1.11. The Labute approximate surface area is 119 Å². The summed E-state index contributed by atoms with van der Waals surface area (Å²) in [6, 6.07) is 20.0. The molecule has 2 rings (SSSR count). The van der Waals surface area contributed by atoms with Crippen LogP contribution in [0.25, 0.3) is 0 Å². The molecule has 16 heavy (non-hydrogen) atoms. The molecule has 0 bridgehead atoms. The maximum atomic E-state index is 2.00.